The maximum atomic E-state index is 15.2. The van der Waals surface area contributed by atoms with E-state index < -0.39 is 29.1 Å². The number of aryl methyl sites for hydroxylation is 1. The maximum Gasteiger partial charge on any atom is 0.426 e. The number of rotatable bonds is 13. The molecule has 1 aliphatic rings. The van der Waals surface area contributed by atoms with E-state index in [2.05, 4.69) is 31.2 Å². The van der Waals surface area contributed by atoms with Gasteiger partial charge in [0.15, 0.2) is 11.6 Å². The van der Waals surface area contributed by atoms with Gasteiger partial charge in [0.25, 0.3) is 0 Å². The number of ether oxygens (including phenoxy) is 2. The van der Waals surface area contributed by atoms with Crippen molar-refractivity contribution in [3.63, 3.8) is 0 Å². The van der Waals surface area contributed by atoms with Crippen LogP contribution in [0.2, 0.25) is 0 Å². The predicted molar refractivity (Wildman–Crippen MR) is 178 cm³/mol. The van der Waals surface area contributed by atoms with Gasteiger partial charge in [-0.2, -0.15) is 13.2 Å². The fraction of sp³-hybridized carbons (Fsp3) is 0.350. The van der Waals surface area contributed by atoms with Crippen LogP contribution in [-0.4, -0.2) is 6.61 Å². The Kier molecular flexibility index (Phi) is 11.2. The molecule has 0 aliphatic heterocycles. The van der Waals surface area contributed by atoms with E-state index in [1.54, 1.807) is 30.3 Å². The SMILES string of the molecule is CCC/C=C/C1CCC(/C=C/CCc2ccc3cc(C(F)(F)Oc4ccc(-c5ccc(OCC)cc5)c(F)c4F)ccc3c2)CC1. The molecule has 5 rings (SSSR count). The van der Waals surface area contributed by atoms with Crippen LogP contribution in [0.3, 0.4) is 0 Å². The third kappa shape index (κ3) is 8.39. The molecule has 6 heteroatoms. The first kappa shape index (κ1) is 33.3. The molecule has 0 N–H and O–H groups in total. The van der Waals surface area contributed by atoms with Crippen LogP contribution in [0.15, 0.2) is 97.1 Å². The Hall–Kier alpha value is -4.06. The summed E-state index contributed by atoms with van der Waals surface area (Å²) in [5.74, 6) is -1.64. The summed E-state index contributed by atoms with van der Waals surface area (Å²) in [4.78, 5) is 0. The van der Waals surface area contributed by atoms with E-state index in [-0.39, 0.29) is 5.56 Å². The minimum atomic E-state index is -3.88. The first-order chi connectivity index (χ1) is 22.3. The second kappa shape index (κ2) is 15.5. The minimum Gasteiger partial charge on any atom is -0.494 e. The van der Waals surface area contributed by atoms with Crippen LogP contribution < -0.4 is 9.47 Å². The average Bonchev–Trinajstić information content (AvgIpc) is 3.06. The number of allylic oxidation sites excluding steroid dienone is 4. The lowest BCUT2D eigenvalue weighted by molar-refractivity contribution is -0.187. The van der Waals surface area contributed by atoms with Crippen molar-refractivity contribution in [2.45, 2.75) is 71.3 Å². The Labute approximate surface area is 269 Å². The van der Waals surface area contributed by atoms with Crippen molar-refractivity contribution in [1.82, 2.24) is 0 Å². The molecule has 2 nitrogen and oxygen atoms in total. The Morgan fingerprint density at radius 2 is 1.39 bits per heavy atom. The van der Waals surface area contributed by atoms with Crippen molar-refractivity contribution >= 4 is 10.8 Å². The highest BCUT2D eigenvalue weighted by molar-refractivity contribution is 5.84. The molecule has 0 amide bonds. The standard InChI is InChI=1S/C40H42F4O2/c1-3-5-6-9-28-12-14-29(15-13-28)10-7-8-11-30-16-17-33-27-34(21-18-32(33)26-30)40(43,44)46-37-25-24-36(38(41)39(37)42)31-19-22-35(23-20-31)45-4-2/h6-7,9-10,16-29H,3-5,8,11-15H2,1-2H3/b9-6+,10-7+. The highest BCUT2D eigenvalue weighted by atomic mass is 19.3. The summed E-state index contributed by atoms with van der Waals surface area (Å²) in [6, 6.07) is 18.7. The third-order valence-corrected chi connectivity index (χ3v) is 8.69. The largest absolute Gasteiger partial charge is 0.494 e. The lowest BCUT2D eigenvalue weighted by atomic mass is 9.81. The molecule has 242 valence electrons. The van der Waals surface area contributed by atoms with E-state index >= 15 is 8.78 Å². The molecule has 0 bridgehead atoms. The second-order valence-corrected chi connectivity index (χ2v) is 12.1. The van der Waals surface area contributed by atoms with E-state index in [4.69, 9.17) is 9.47 Å². The van der Waals surface area contributed by atoms with E-state index in [1.165, 1.54) is 56.7 Å². The van der Waals surface area contributed by atoms with Gasteiger partial charge >= 0.3 is 6.11 Å². The Balaban J connectivity index is 1.19. The average molecular weight is 631 g/mol. The molecule has 1 fully saturated rings. The molecule has 1 aliphatic carbocycles. The molecule has 4 aromatic rings. The van der Waals surface area contributed by atoms with Crippen LogP contribution in [0.4, 0.5) is 17.6 Å². The molecule has 0 aromatic heterocycles. The Morgan fingerprint density at radius 1 is 0.739 bits per heavy atom. The molecular formula is C40H42F4O2. The van der Waals surface area contributed by atoms with Crippen molar-refractivity contribution < 1.29 is 27.0 Å². The third-order valence-electron chi connectivity index (χ3n) is 8.69. The van der Waals surface area contributed by atoms with Crippen molar-refractivity contribution in [3.05, 3.63) is 120 Å². The van der Waals surface area contributed by atoms with Crippen LogP contribution in [-0.2, 0) is 12.5 Å². The number of hydrogen-bond donors (Lipinski definition) is 0. The number of unbranched alkanes of at least 4 members (excludes halogenated alkanes) is 1. The van der Waals surface area contributed by atoms with E-state index in [0.29, 0.717) is 29.2 Å². The number of hydrogen-bond acceptors (Lipinski definition) is 2. The summed E-state index contributed by atoms with van der Waals surface area (Å²) in [5, 5.41) is 1.44. The predicted octanol–water partition coefficient (Wildman–Crippen LogP) is 12.0. The molecule has 0 spiro atoms. The fourth-order valence-corrected chi connectivity index (χ4v) is 6.08. The van der Waals surface area contributed by atoms with E-state index in [0.717, 1.165) is 35.8 Å². The van der Waals surface area contributed by atoms with Gasteiger partial charge in [0.05, 0.1) is 12.2 Å². The molecule has 4 aromatic carbocycles. The van der Waals surface area contributed by atoms with Crippen molar-refractivity contribution in [3.8, 4) is 22.6 Å². The van der Waals surface area contributed by atoms with E-state index in [9.17, 15) is 8.78 Å². The van der Waals surface area contributed by atoms with Gasteiger partial charge in [0, 0.05) is 5.56 Å². The van der Waals surface area contributed by atoms with Gasteiger partial charge in [-0.3, -0.25) is 0 Å². The molecule has 0 unspecified atom stereocenters. The summed E-state index contributed by atoms with van der Waals surface area (Å²) in [5.41, 5.74) is 1.01. The Morgan fingerprint density at radius 3 is 2.07 bits per heavy atom. The lowest BCUT2D eigenvalue weighted by Gasteiger charge is -2.24. The molecule has 46 heavy (non-hydrogen) atoms. The van der Waals surface area contributed by atoms with Gasteiger partial charge in [0.1, 0.15) is 5.75 Å². The number of benzene rings is 4. The molecular weight excluding hydrogens is 588 g/mol. The second-order valence-electron chi connectivity index (χ2n) is 12.1. The molecule has 0 radical (unpaired) electrons. The van der Waals surface area contributed by atoms with Gasteiger partial charge in [-0.25, -0.2) is 4.39 Å². The van der Waals surface area contributed by atoms with E-state index in [1.807, 2.05) is 25.1 Å². The number of fused-ring (bicyclic) bond motifs is 1. The van der Waals surface area contributed by atoms with Gasteiger partial charge < -0.3 is 9.47 Å². The Bertz CT molecular complexity index is 1650. The lowest BCUT2D eigenvalue weighted by Crippen LogP contribution is -2.22. The minimum absolute atomic E-state index is 0.0637. The topological polar surface area (TPSA) is 18.5 Å². The maximum absolute atomic E-state index is 15.2. The smallest absolute Gasteiger partial charge is 0.426 e. The molecule has 0 saturated heterocycles. The van der Waals surface area contributed by atoms with Crippen molar-refractivity contribution in [2.75, 3.05) is 6.61 Å². The highest BCUT2D eigenvalue weighted by Crippen LogP contribution is 2.37. The highest BCUT2D eigenvalue weighted by Gasteiger charge is 2.36. The van der Waals surface area contributed by atoms with Gasteiger partial charge in [0.2, 0.25) is 5.82 Å². The summed E-state index contributed by atoms with van der Waals surface area (Å²) in [6.07, 6.45) is 14.6. The van der Waals surface area contributed by atoms with Crippen LogP contribution in [0.25, 0.3) is 21.9 Å². The quantitative estimate of drug-likeness (QED) is 0.108. The monoisotopic (exact) mass is 630 g/mol. The zero-order chi connectivity index (χ0) is 32.5. The molecule has 0 atom stereocenters. The van der Waals surface area contributed by atoms with Crippen LogP contribution in [0, 0.1) is 23.5 Å². The summed E-state index contributed by atoms with van der Waals surface area (Å²) < 4.78 is 70.5. The summed E-state index contributed by atoms with van der Waals surface area (Å²) >= 11 is 0. The van der Waals surface area contributed by atoms with Crippen LogP contribution in [0.1, 0.15) is 69.9 Å². The number of alkyl halides is 2. The zero-order valence-electron chi connectivity index (χ0n) is 26.6. The summed E-state index contributed by atoms with van der Waals surface area (Å²) in [6.45, 7) is 4.52. The van der Waals surface area contributed by atoms with Crippen molar-refractivity contribution in [1.29, 1.82) is 0 Å². The fourth-order valence-electron chi connectivity index (χ4n) is 6.08. The first-order valence-electron chi connectivity index (χ1n) is 16.4. The summed E-state index contributed by atoms with van der Waals surface area (Å²) in [7, 11) is 0. The van der Waals surface area contributed by atoms with Crippen molar-refractivity contribution in [2.24, 2.45) is 11.8 Å². The molecule has 1 saturated carbocycles. The normalized spacial score (nSPS) is 17.3. The van der Waals surface area contributed by atoms with Gasteiger partial charge in [-0.15, -0.1) is 0 Å². The zero-order valence-corrected chi connectivity index (χ0v) is 26.6. The van der Waals surface area contributed by atoms with Gasteiger partial charge in [-0.05, 0) is 122 Å². The van der Waals surface area contributed by atoms with Gasteiger partial charge in [-0.1, -0.05) is 74.0 Å². The number of halogens is 4. The first-order valence-corrected chi connectivity index (χ1v) is 16.4. The van der Waals surface area contributed by atoms with Crippen LogP contribution >= 0.6 is 0 Å². The molecule has 0 heterocycles. The van der Waals surface area contributed by atoms with Crippen LogP contribution in [0.5, 0.6) is 11.5 Å².